The number of nitrogens with one attached hydrogen (secondary N) is 2. The Bertz CT molecular complexity index is 1500. The molecule has 0 fully saturated rings. The third-order valence-corrected chi connectivity index (χ3v) is 5.53. The van der Waals surface area contributed by atoms with Gasteiger partial charge >= 0.3 is 0 Å². The molecule has 0 aliphatic heterocycles. The summed E-state index contributed by atoms with van der Waals surface area (Å²) in [5.74, 6) is 1.97. The molecule has 3 aromatic heterocycles. The average Bonchev–Trinajstić information content (AvgIpc) is 3.51. The molecule has 0 saturated heterocycles. The van der Waals surface area contributed by atoms with Gasteiger partial charge in [-0.05, 0) is 50.2 Å². The van der Waals surface area contributed by atoms with Gasteiger partial charge in [0.25, 0.3) is 5.91 Å². The van der Waals surface area contributed by atoms with Crippen LogP contribution in [0.4, 0.5) is 17.2 Å². The van der Waals surface area contributed by atoms with E-state index in [4.69, 9.17) is 16.1 Å². The number of aryl methyl sites for hydroxylation is 2. The number of benzene rings is 2. The summed E-state index contributed by atoms with van der Waals surface area (Å²) >= 11 is 6.30. The first-order valence-corrected chi connectivity index (χ1v) is 11.1. The Balaban J connectivity index is 1.33. The fourth-order valence-electron chi connectivity index (χ4n) is 3.59. The molecule has 0 aliphatic carbocycles. The van der Waals surface area contributed by atoms with E-state index in [1.54, 1.807) is 48.1 Å². The summed E-state index contributed by atoms with van der Waals surface area (Å²) in [6.07, 6.45) is 3.51. The van der Waals surface area contributed by atoms with E-state index in [-0.39, 0.29) is 5.91 Å². The Morgan fingerprint density at radius 2 is 1.77 bits per heavy atom. The zero-order chi connectivity index (χ0) is 24.4. The van der Waals surface area contributed by atoms with Gasteiger partial charge in [0.15, 0.2) is 5.82 Å². The van der Waals surface area contributed by atoms with E-state index in [0.29, 0.717) is 50.8 Å². The molecule has 2 N–H and O–H groups in total. The van der Waals surface area contributed by atoms with Gasteiger partial charge in [-0.25, -0.2) is 14.6 Å². The molecule has 5 aromatic rings. The molecule has 0 saturated carbocycles. The highest BCUT2D eigenvalue weighted by molar-refractivity contribution is 6.33. The van der Waals surface area contributed by atoms with Gasteiger partial charge in [0.05, 0.1) is 5.02 Å². The van der Waals surface area contributed by atoms with Crippen LogP contribution in [0.15, 0.2) is 77.6 Å². The second-order valence-electron chi connectivity index (χ2n) is 7.71. The van der Waals surface area contributed by atoms with E-state index in [1.165, 1.54) is 0 Å². The highest BCUT2D eigenvalue weighted by Crippen LogP contribution is 2.31. The van der Waals surface area contributed by atoms with Gasteiger partial charge in [-0.1, -0.05) is 35.0 Å². The molecule has 0 bridgehead atoms. The summed E-state index contributed by atoms with van der Waals surface area (Å²) < 4.78 is 6.97. The topological polar surface area (TPSA) is 111 Å². The fourth-order valence-corrected chi connectivity index (χ4v) is 3.82. The lowest BCUT2D eigenvalue weighted by Gasteiger charge is -2.10. The molecule has 3 heterocycles. The van der Waals surface area contributed by atoms with Crippen molar-refractivity contribution in [2.45, 2.75) is 13.8 Å². The van der Waals surface area contributed by atoms with E-state index >= 15 is 0 Å². The van der Waals surface area contributed by atoms with Crippen molar-refractivity contribution in [3.63, 3.8) is 0 Å². The smallest absolute Gasteiger partial charge is 0.261 e. The van der Waals surface area contributed by atoms with Crippen LogP contribution in [0.25, 0.3) is 17.1 Å². The molecule has 0 spiro atoms. The van der Waals surface area contributed by atoms with Crippen LogP contribution in [0.3, 0.4) is 0 Å². The number of aromatic nitrogens is 5. The minimum atomic E-state index is -0.338. The maximum absolute atomic E-state index is 13.1. The molecular formula is C25H20ClN7O2. The van der Waals surface area contributed by atoms with Crippen molar-refractivity contribution in [1.29, 1.82) is 0 Å². The lowest BCUT2D eigenvalue weighted by atomic mass is 10.1. The van der Waals surface area contributed by atoms with Crippen LogP contribution < -0.4 is 10.6 Å². The van der Waals surface area contributed by atoms with Crippen LogP contribution in [0.2, 0.25) is 5.02 Å². The quantitative estimate of drug-likeness (QED) is 0.323. The molecule has 174 valence electrons. The molecule has 5 rings (SSSR count). The molecule has 0 radical (unpaired) electrons. The van der Waals surface area contributed by atoms with E-state index in [2.05, 4.69) is 30.9 Å². The lowest BCUT2D eigenvalue weighted by Crippen LogP contribution is -2.13. The number of hydrogen-bond acceptors (Lipinski definition) is 7. The highest BCUT2D eigenvalue weighted by Gasteiger charge is 2.23. The monoisotopic (exact) mass is 485 g/mol. The van der Waals surface area contributed by atoms with Crippen LogP contribution in [0.1, 0.15) is 21.9 Å². The number of rotatable bonds is 6. The number of carbonyl (C=O) groups excluding carboxylic acids is 1. The first kappa shape index (κ1) is 22.3. The van der Waals surface area contributed by atoms with Gasteiger partial charge in [0.2, 0.25) is 0 Å². The van der Waals surface area contributed by atoms with Crippen molar-refractivity contribution in [1.82, 2.24) is 24.9 Å². The Kier molecular flexibility index (Phi) is 5.99. The molecule has 0 unspecified atom stereocenters. The SMILES string of the molecule is Cc1nc(Nc2ccc(NC(=O)c3c(-c4ccccc4Cl)noc3C)cc2)cc(-n2cccn2)n1. The van der Waals surface area contributed by atoms with Crippen LogP contribution >= 0.6 is 11.6 Å². The second-order valence-corrected chi connectivity index (χ2v) is 8.12. The van der Waals surface area contributed by atoms with E-state index < -0.39 is 0 Å². The number of carbonyl (C=O) groups is 1. The molecular weight excluding hydrogens is 466 g/mol. The maximum atomic E-state index is 13.1. The van der Waals surface area contributed by atoms with Crippen molar-refractivity contribution < 1.29 is 9.32 Å². The Labute approximate surface area is 205 Å². The molecule has 1 amide bonds. The molecule has 2 aromatic carbocycles. The lowest BCUT2D eigenvalue weighted by molar-refractivity contribution is 0.102. The fraction of sp³-hybridized carbons (Fsp3) is 0.0800. The van der Waals surface area contributed by atoms with Crippen molar-refractivity contribution in [3.8, 4) is 17.1 Å². The van der Waals surface area contributed by atoms with Crippen LogP contribution in [-0.2, 0) is 0 Å². The zero-order valence-corrected chi connectivity index (χ0v) is 19.6. The van der Waals surface area contributed by atoms with Crippen molar-refractivity contribution in [2.75, 3.05) is 10.6 Å². The first-order valence-electron chi connectivity index (χ1n) is 10.7. The van der Waals surface area contributed by atoms with E-state index in [0.717, 1.165) is 5.69 Å². The summed E-state index contributed by atoms with van der Waals surface area (Å²) in [5.41, 5.74) is 2.78. The van der Waals surface area contributed by atoms with Crippen LogP contribution in [-0.4, -0.2) is 30.8 Å². The average molecular weight is 486 g/mol. The van der Waals surface area contributed by atoms with Crippen LogP contribution in [0, 0.1) is 13.8 Å². The van der Waals surface area contributed by atoms with Crippen molar-refractivity contribution in [3.05, 3.63) is 95.2 Å². The molecule has 0 atom stereocenters. The van der Waals surface area contributed by atoms with Gasteiger partial charge < -0.3 is 15.2 Å². The van der Waals surface area contributed by atoms with Gasteiger partial charge in [-0.3, -0.25) is 4.79 Å². The number of halogens is 1. The minimum absolute atomic E-state index is 0.336. The maximum Gasteiger partial charge on any atom is 0.261 e. The first-order chi connectivity index (χ1) is 17.0. The molecule has 35 heavy (non-hydrogen) atoms. The zero-order valence-electron chi connectivity index (χ0n) is 18.9. The van der Waals surface area contributed by atoms with Crippen molar-refractivity contribution in [2.24, 2.45) is 0 Å². The molecule has 10 heteroatoms. The van der Waals surface area contributed by atoms with Gasteiger partial charge in [0, 0.05) is 35.4 Å². The predicted molar refractivity (Wildman–Crippen MR) is 133 cm³/mol. The normalized spacial score (nSPS) is 10.8. The third-order valence-electron chi connectivity index (χ3n) is 5.20. The van der Waals surface area contributed by atoms with Gasteiger partial charge in [-0.15, -0.1) is 0 Å². The Hall–Kier alpha value is -4.50. The standard InChI is InChI=1S/C25H20ClN7O2/c1-15-23(24(32-35-15)19-6-3-4-7-20(19)26)25(34)31-18-10-8-17(9-11-18)30-21-14-22(29-16(2)28-21)33-13-5-12-27-33/h3-14H,1-2H3,(H,31,34)(H,28,29,30). The molecule has 9 nitrogen and oxygen atoms in total. The largest absolute Gasteiger partial charge is 0.360 e. The highest BCUT2D eigenvalue weighted by atomic mass is 35.5. The predicted octanol–water partition coefficient (Wildman–Crippen LogP) is 5.58. The molecule has 0 aliphatic rings. The Morgan fingerprint density at radius 1 is 1.00 bits per heavy atom. The number of anilines is 3. The summed E-state index contributed by atoms with van der Waals surface area (Å²) in [5, 5.41) is 14.9. The summed E-state index contributed by atoms with van der Waals surface area (Å²) in [7, 11) is 0. The van der Waals surface area contributed by atoms with Gasteiger partial charge in [-0.2, -0.15) is 5.10 Å². The third kappa shape index (κ3) is 4.75. The van der Waals surface area contributed by atoms with E-state index in [1.807, 2.05) is 43.5 Å². The van der Waals surface area contributed by atoms with Crippen LogP contribution in [0.5, 0.6) is 0 Å². The van der Waals surface area contributed by atoms with E-state index in [9.17, 15) is 4.79 Å². The number of amides is 1. The summed E-state index contributed by atoms with van der Waals surface area (Å²) in [4.78, 5) is 21.9. The minimum Gasteiger partial charge on any atom is -0.360 e. The second kappa shape index (κ2) is 9.40. The van der Waals surface area contributed by atoms with Gasteiger partial charge in [0.1, 0.15) is 28.7 Å². The Morgan fingerprint density at radius 3 is 2.51 bits per heavy atom. The summed E-state index contributed by atoms with van der Waals surface area (Å²) in [6.45, 7) is 3.51. The number of hydrogen-bond donors (Lipinski definition) is 2. The summed E-state index contributed by atoms with van der Waals surface area (Å²) in [6, 6.07) is 18.1. The van der Waals surface area contributed by atoms with Crippen molar-refractivity contribution >= 4 is 34.7 Å². The number of nitrogens with zero attached hydrogens (tertiary/aromatic N) is 5.